The highest BCUT2D eigenvalue weighted by Crippen LogP contribution is 2.37. The summed E-state index contributed by atoms with van der Waals surface area (Å²) in [6, 6.07) is 10.3. The molecular weight excluding hydrogens is 250 g/mol. The quantitative estimate of drug-likeness (QED) is 0.860. The molecule has 3 nitrogen and oxygen atoms in total. The number of hydrogen-bond donors (Lipinski definition) is 1. The lowest BCUT2D eigenvalue weighted by Gasteiger charge is -2.38. The van der Waals surface area contributed by atoms with Crippen molar-refractivity contribution in [2.45, 2.75) is 44.1 Å². The smallest absolute Gasteiger partial charge is 0.309 e. The second kappa shape index (κ2) is 5.96. The van der Waals surface area contributed by atoms with Gasteiger partial charge in [-0.2, -0.15) is 0 Å². The lowest BCUT2D eigenvalue weighted by atomic mass is 9.84. The molecule has 0 amide bonds. The van der Waals surface area contributed by atoms with Gasteiger partial charge in [-0.1, -0.05) is 43.2 Å². The predicted molar refractivity (Wildman–Crippen MR) is 78.3 cm³/mol. The minimum absolute atomic E-state index is 0.0215. The Morgan fingerprint density at radius 3 is 2.40 bits per heavy atom. The van der Waals surface area contributed by atoms with Crippen LogP contribution in [0.4, 0.5) is 0 Å². The molecule has 3 heteroatoms. The van der Waals surface area contributed by atoms with Crippen LogP contribution in [0.15, 0.2) is 30.3 Å². The van der Waals surface area contributed by atoms with Crippen molar-refractivity contribution >= 4 is 5.97 Å². The molecule has 1 aromatic carbocycles. The molecule has 1 saturated heterocycles. The molecule has 0 radical (unpaired) electrons. The molecular formula is C17H23NO2. The fraction of sp³-hybridized carbons (Fsp3) is 0.588. The van der Waals surface area contributed by atoms with Gasteiger partial charge in [0.1, 0.15) is 5.60 Å². The van der Waals surface area contributed by atoms with E-state index in [0.29, 0.717) is 0 Å². The van der Waals surface area contributed by atoms with Crippen molar-refractivity contribution in [3.05, 3.63) is 35.9 Å². The van der Waals surface area contributed by atoms with E-state index in [2.05, 4.69) is 17.4 Å². The van der Waals surface area contributed by atoms with Gasteiger partial charge in [-0.15, -0.1) is 0 Å². The van der Waals surface area contributed by atoms with Gasteiger partial charge in [-0.05, 0) is 31.5 Å². The van der Waals surface area contributed by atoms with Gasteiger partial charge in [-0.3, -0.25) is 4.79 Å². The van der Waals surface area contributed by atoms with Crippen molar-refractivity contribution in [3.63, 3.8) is 0 Å². The number of benzene rings is 1. The van der Waals surface area contributed by atoms with E-state index in [1.54, 1.807) is 0 Å². The number of hydrogen-bond acceptors (Lipinski definition) is 3. The highest BCUT2D eigenvalue weighted by molar-refractivity contribution is 5.73. The molecule has 1 N–H and O–H groups in total. The third-order valence-electron chi connectivity index (χ3n) is 4.70. The molecule has 2 aliphatic rings. The van der Waals surface area contributed by atoms with Crippen LogP contribution in [-0.2, 0) is 15.1 Å². The van der Waals surface area contributed by atoms with Gasteiger partial charge in [-0.25, -0.2) is 0 Å². The Kier molecular flexibility index (Phi) is 4.06. The summed E-state index contributed by atoms with van der Waals surface area (Å²) in [6.07, 6.45) is 6.08. The summed E-state index contributed by atoms with van der Waals surface area (Å²) in [7, 11) is 0. The molecule has 1 saturated carbocycles. The summed E-state index contributed by atoms with van der Waals surface area (Å²) in [5.74, 6) is 0.152. The van der Waals surface area contributed by atoms with Crippen molar-refractivity contribution in [2.75, 3.05) is 13.1 Å². The molecule has 20 heavy (non-hydrogen) atoms. The van der Waals surface area contributed by atoms with Crippen molar-refractivity contribution in [3.8, 4) is 0 Å². The molecule has 0 unspecified atom stereocenters. The van der Waals surface area contributed by atoms with E-state index in [9.17, 15) is 4.79 Å². The average Bonchev–Trinajstić information content (AvgIpc) is 3.03. The van der Waals surface area contributed by atoms with Crippen molar-refractivity contribution in [1.29, 1.82) is 0 Å². The zero-order chi connectivity index (χ0) is 13.8. The van der Waals surface area contributed by atoms with E-state index >= 15 is 0 Å². The van der Waals surface area contributed by atoms with Crippen LogP contribution in [0.5, 0.6) is 0 Å². The first-order valence-electron chi connectivity index (χ1n) is 7.79. The lowest BCUT2D eigenvalue weighted by molar-refractivity contribution is -0.169. The van der Waals surface area contributed by atoms with Crippen LogP contribution in [0.25, 0.3) is 0 Å². The van der Waals surface area contributed by atoms with E-state index in [0.717, 1.165) is 44.3 Å². The standard InChI is InChI=1S/C17H23NO2/c19-16(14-6-4-5-7-14)20-17(10-12-18-13-11-17)15-8-2-1-3-9-15/h1-3,8-9,14,18H,4-7,10-13H2. The van der Waals surface area contributed by atoms with Crippen LogP contribution in [-0.4, -0.2) is 19.1 Å². The van der Waals surface area contributed by atoms with Crippen molar-refractivity contribution in [1.82, 2.24) is 5.32 Å². The zero-order valence-electron chi connectivity index (χ0n) is 11.9. The Morgan fingerprint density at radius 1 is 1.10 bits per heavy atom. The summed E-state index contributed by atoms with van der Waals surface area (Å²) < 4.78 is 6.07. The number of nitrogens with one attached hydrogen (secondary N) is 1. The Morgan fingerprint density at radius 2 is 1.75 bits per heavy atom. The van der Waals surface area contributed by atoms with E-state index < -0.39 is 5.60 Å². The van der Waals surface area contributed by atoms with E-state index in [1.807, 2.05) is 18.2 Å². The monoisotopic (exact) mass is 273 g/mol. The number of carbonyl (C=O) groups is 1. The molecule has 0 atom stereocenters. The van der Waals surface area contributed by atoms with Crippen LogP contribution in [0, 0.1) is 5.92 Å². The van der Waals surface area contributed by atoms with Crippen LogP contribution >= 0.6 is 0 Å². The van der Waals surface area contributed by atoms with Crippen LogP contribution in [0.3, 0.4) is 0 Å². The first-order chi connectivity index (χ1) is 9.80. The van der Waals surface area contributed by atoms with Crippen LogP contribution in [0.1, 0.15) is 44.1 Å². The Bertz CT molecular complexity index is 445. The maximum Gasteiger partial charge on any atom is 0.309 e. The SMILES string of the molecule is O=C(OC1(c2ccccc2)CCNCC1)C1CCCC1. The molecule has 1 aliphatic carbocycles. The number of carbonyl (C=O) groups excluding carboxylic acids is 1. The molecule has 108 valence electrons. The summed E-state index contributed by atoms with van der Waals surface area (Å²) in [4.78, 5) is 12.4. The topological polar surface area (TPSA) is 38.3 Å². The predicted octanol–water partition coefficient (Wildman–Crippen LogP) is 3.00. The Hall–Kier alpha value is -1.35. The highest BCUT2D eigenvalue weighted by atomic mass is 16.6. The maximum absolute atomic E-state index is 12.4. The molecule has 3 rings (SSSR count). The minimum Gasteiger partial charge on any atom is -0.454 e. The molecule has 0 spiro atoms. The van der Waals surface area contributed by atoms with Crippen molar-refractivity contribution < 1.29 is 9.53 Å². The van der Waals surface area contributed by atoms with Gasteiger partial charge in [0.2, 0.25) is 0 Å². The number of rotatable bonds is 3. The van der Waals surface area contributed by atoms with E-state index in [4.69, 9.17) is 4.74 Å². The first-order valence-corrected chi connectivity index (χ1v) is 7.79. The lowest BCUT2D eigenvalue weighted by Crippen LogP contribution is -2.44. The molecule has 1 aromatic rings. The molecule has 0 bridgehead atoms. The highest BCUT2D eigenvalue weighted by Gasteiger charge is 2.39. The summed E-state index contributed by atoms with van der Waals surface area (Å²) in [5.41, 5.74) is 0.736. The fourth-order valence-electron chi connectivity index (χ4n) is 3.46. The third-order valence-corrected chi connectivity index (χ3v) is 4.70. The van der Waals surface area contributed by atoms with Crippen LogP contribution < -0.4 is 5.32 Å². The van der Waals surface area contributed by atoms with Gasteiger partial charge in [0.15, 0.2) is 0 Å². The van der Waals surface area contributed by atoms with E-state index in [1.165, 1.54) is 12.8 Å². The molecule has 1 heterocycles. The second-order valence-corrected chi connectivity index (χ2v) is 6.01. The number of esters is 1. The normalized spacial score (nSPS) is 22.6. The Balaban J connectivity index is 1.80. The summed E-state index contributed by atoms with van der Waals surface area (Å²) in [5, 5.41) is 3.36. The van der Waals surface area contributed by atoms with E-state index in [-0.39, 0.29) is 11.9 Å². The molecule has 0 aromatic heterocycles. The second-order valence-electron chi connectivity index (χ2n) is 6.01. The van der Waals surface area contributed by atoms with Gasteiger partial charge < -0.3 is 10.1 Å². The maximum atomic E-state index is 12.4. The van der Waals surface area contributed by atoms with Gasteiger partial charge in [0.05, 0.1) is 5.92 Å². The number of ether oxygens (including phenoxy) is 1. The molecule has 2 fully saturated rings. The third kappa shape index (κ3) is 2.73. The van der Waals surface area contributed by atoms with Gasteiger partial charge in [0, 0.05) is 12.8 Å². The zero-order valence-corrected chi connectivity index (χ0v) is 11.9. The number of piperidine rings is 1. The summed E-state index contributed by atoms with van der Waals surface area (Å²) >= 11 is 0. The van der Waals surface area contributed by atoms with Gasteiger partial charge in [0.25, 0.3) is 0 Å². The molecule has 1 aliphatic heterocycles. The average molecular weight is 273 g/mol. The van der Waals surface area contributed by atoms with Crippen molar-refractivity contribution in [2.24, 2.45) is 5.92 Å². The fourth-order valence-corrected chi connectivity index (χ4v) is 3.46. The summed E-state index contributed by atoms with van der Waals surface area (Å²) in [6.45, 7) is 1.82. The minimum atomic E-state index is -0.411. The van der Waals surface area contributed by atoms with Crippen LogP contribution in [0.2, 0.25) is 0 Å². The Labute approximate surface area is 120 Å². The largest absolute Gasteiger partial charge is 0.454 e. The first kappa shape index (κ1) is 13.6. The van der Waals surface area contributed by atoms with Gasteiger partial charge >= 0.3 is 5.97 Å².